The maximum absolute atomic E-state index is 13.3. The van der Waals surface area contributed by atoms with E-state index in [1.54, 1.807) is 6.55 Å². The van der Waals surface area contributed by atoms with Crippen molar-refractivity contribution in [1.82, 2.24) is 0 Å². The van der Waals surface area contributed by atoms with Crippen molar-refractivity contribution >= 4 is 8.41 Å². The molecule has 0 rings (SSSR count). The van der Waals surface area contributed by atoms with E-state index in [-0.39, 0.29) is 12.8 Å². The lowest BCUT2D eigenvalue weighted by Crippen LogP contribution is -2.22. The van der Waals surface area contributed by atoms with Crippen LogP contribution in [-0.4, -0.2) is 8.41 Å². The summed E-state index contributed by atoms with van der Waals surface area (Å²) in [4.78, 5) is 0. The zero-order valence-corrected chi connectivity index (χ0v) is 7.60. The maximum atomic E-state index is 13.3. The summed E-state index contributed by atoms with van der Waals surface area (Å²) in [7, 11) is -2.69. The molecule has 4 heteroatoms. The van der Waals surface area contributed by atoms with Gasteiger partial charge in [-0.1, -0.05) is 0 Å². The minimum absolute atomic E-state index is 0.282. The van der Waals surface area contributed by atoms with E-state index in [1.807, 2.05) is 12.1 Å². The SMILES string of the molecule is C[Si](F)(CCC#N)CCC#N. The third-order valence-electron chi connectivity index (χ3n) is 1.52. The van der Waals surface area contributed by atoms with Crippen LogP contribution in [0.4, 0.5) is 4.11 Å². The first kappa shape index (κ1) is 10.1. The first-order valence-corrected chi connectivity index (χ1v) is 6.34. The number of halogens is 1. The van der Waals surface area contributed by atoms with E-state index < -0.39 is 8.41 Å². The molecule has 0 unspecified atom stereocenters. The average Bonchev–Trinajstić information content (AvgIpc) is 1.97. The van der Waals surface area contributed by atoms with Crippen molar-refractivity contribution in [3.05, 3.63) is 0 Å². The number of rotatable bonds is 4. The standard InChI is InChI=1S/C7H11FN2Si/c1-11(8,6-2-4-9)7-3-5-10/h2-3,6-7H2,1H3. The Hall–Kier alpha value is -0.873. The van der Waals surface area contributed by atoms with Crippen LogP contribution in [0.25, 0.3) is 0 Å². The molecule has 0 spiro atoms. The molecule has 2 nitrogen and oxygen atoms in total. The fourth-order valence-electron chi connectivity index (χ4n) is 0.758. The van der Waals surface area contributed by atoms with E-state index in [9.17, 15) is 4.11 Å². The van der Waals surface area contributed by atoms with Gasteiger partial charge in [0.2, 0.25) is 8.41 Å². The summed E-state index contributed by atoms with van der Waals surface area (Å²) in [5.41, 5.74) is 0. The monoisotopic (exact) mass is 170 g/mol. The molecule has 0 amide bonds. The molecule has 0 heterocycles. The van der Waals surface area contributed by atoms with Gasteiger partial charge in [0.05, 0.1) is 12.1 Å². The van der Waals surface area contributed by atoms with Gasteiger partial charge in [-0.25, -0.2) is 0 Å². The Morgan fingerprint density at radius 2 is 1.55 bits per heavy atom. The Kier molecular flexibility index (Phi) is 4.48. The van der Waals surface area contributed by atoms with Crippen LogP contribution in [-0.2, 0) is 0 Å². The van der Waals surface area contributed by atoms with Crippen molar-refractivity contribution in [2.24, 2.45) is 0 Å². The molecule has 0 aromatic carbocycles. The molecule has 0 aliphatic heterocycles. The summed E-state index contributed by atoms with van der Waals surface area (Å²) in [6.45, 7) is 1.57. The summed E-state index contributed by atoms with van der Waals surface area (Å²) >= 11 is 0. The largest absolute Gasteiger partial charge is 0.314 e. The summed E-state index contributed by atoms with van der Waals surface area (Å²) in [5.74, 6) is 0. The molecule has 0 aromatic rings. The van der Waals surface area contributed by atoms with E-state index in [0.29, 0.717) is 12.1 Å². The third kappa shape index (κ3) is 5.57. The summed E-state index contributed by atoms with van der Waals surface area (Å²) in [6.07, 6.45) is 0.565. The smallest absolute Gasteiger partial charge is 0.246 e. The van der Waals surface area contributed by atoms with Crippen molar-refractivity contribution in [1.29, 1.82) is 10.5 Å². The van der Waals surface area contributed by atoms with Gasteiger partial charge in [0.1, 0.15) is 0 Å². The van der Waals surface area contributed by atoms with Gasteiger partial charge in [-0.15, -0.1) is 0 Å². The molecule has 0 aromatic heterocycles. The van der Waals surface area contributed by atoms with E-state index in [2.05, 4.69) is 0 Å². The van der Waals surface area contributed by atoms with Crippen LogP contribution in [0.1, 0.15) is 12.8 Å². The predicted molar refractivity (Wildman–Crippen MR) is 42.8 cm³/mol. The van der Waals surface area contributed by atoms with Crippen molar-refractivity contribution in [3.8, 4) is 12.1 Å². The van der Waals surface area contributed by atoms with Crippen LogP contribution in [0.15, 0.2) is 0 Å². The molecule has 0 fully saturated rings. The molecule has 0 aliphatic carbocycles. The van der Waals surface area contributed by atoms with Crippen molar-refractivity contribution in [2.75, 3.05) is 0 Å². The minimum Gasteiger partial charge on any atom is -0.314 e. The number of nitriles is 2. The normalized spacial score (nSPS) is 10.2. The van der Waals surface area contributed by atoms with E-state index in [1.165, 1.54) is 0 Å². The quantitative estimate of drug-likeness (QED) is 0.480. The second-order valence-electron chi connectivity index (χ2n) is 2.73. The first-order chi connectivity index (χ1) is 5.12. The molecular formula is C7H11FN2Si. The van der Waals surface area contributed by atoms with Crippen LogP contribution in [0.5, 0.6) is 0 Å². The van der Waals surface area contributed by atoms with Gasteiger partial charge in [0.15, 0.2) is 0 Å². The molecular weight excluding hydrogens is 159 g/mol. The van der Waals surface area contributed by atoms with Crippen molar-refractivity contribution in [3.63, 3.8) is 0 Å². The van der Waals surface area contributed by atoms with Crippen LogP contribution in [0.2, 0.25) is 18.6 Å². The average molecular weight is 170 g/mol. The fraction of sp³-hybridized carbons (Fsp3) is 0.714. The molecule has 60 valence electrons. The fourth-order valence-corrected chi connectivity index (χ4v) is 2.27. The molecule has 11 heavy (non-hydrogen) atoms. The second-order valence-corrected chi connectivity index (χ2v) is 6.56. The molecule has 0 atom stereocenters. The molecule has 0 radical (unpaired) electrons. The predicted octanol–water partition coefficient (Wildman–Crippen LogP) is 2.36. The molecule has 0 saturated carbocycles. The maximum Gasteiger partial charge on any atom is 0.246 e. The summed E-state index contributed by atoms with van der Waals surface area (Å²) in [6, 6.07) is 4.56. The van der Waals surface area contributed by atoms with Gasteiger partial charge in [-0.3, -0.25) is 0 Å². The van der Waals surface area contributed by atoms with Gasteiger partial charge in [-0.05, 0) is 18.6 Å². The Bertz CT molecular complexity index is 170. The first-order valence-electron chi connectivity index (χ1n) is 3.55. The van der Waals surface area contributed by atoms with Crippen molar-refractivity contribution < 1.29 is 4.11 Å². The van der Waals surface area contributed by atoms with Gasteiger partial charge in [0.25, 0.3) is 0 Å². The Morgan fingerprint density at radius 1 is 1.18 bits per heavy atom. The minimum atomic E-state index is -2.69. The number of nitrogens with zero attached hydrogens (tertiary/aromatic N) is 2. The highest BCUT2D eigenvalue weighted by atomic mass is 28.4. The van der Waals surface area contributed by atoms with Crippen LogP contribution in [0.3, 0.4) is 0 Å². The van der Waals surface area contributed by atoms with Gasteiger partial charge in [0, 0.05) is 12.8 Å². The topological polar surface area (TPSA) is 47.6 Å². The van der Waals surface area contributed by atoms with E-state index in [4.69, 9.17) is 10.5 Å². The van der Waals surface area contributed by atoms with Crippen LogP contribution in [0, 0.1) is 22.7 Å². The molecule has 0 aliphatic rings. The number of hydrogen-bond donors (Lipinski definition) is 0. The molecule has 0 N–H and O–H groups in total. The Labute approximate surface area is 67.4 Å². The zero-order chi connectivity index (χ0) is 8.74. The summed E-state index contributed by atoms with van der Waals surface area (Å²) < 4.78 is 13.3. The summed E-state index contributed by atoms with van der Waals surface area (Å²) in [5, 5.41) is 16.4. The lowest BCUT2D eigenvalue weighted by atomic mass is 10.5. The van der Waals surface area contributed by atoms with Gasteiger partial charge in [-0.2, -0.15) is 10.5 Å². The second kappa shape index (κ2) is 4.87. The molecule has 0 bridgehead atoms. The van der Waals surface area contributed by atoms with Crippen LogP contribution >= 0.6 is 0 Å². The highest BCUT2D eigenvalue weighted by molar-refractivity contribution is 6.71. The lowest BCUT2D eigenvalue weighted by molar-refractivity contribution is 0.757. The van der Waals surface area contributed by atoms with Crippen molar-refractivity contribution in [2.45, 2.75) is 31.5 Å². The Balaban J connectivity index is 3.64. The zero-order valence-electron chi connectivity index (χ0n) is 6.60. The van der Waals surface area contributed by atoms with E-state index >= 15 is 0 Å². The van der Waals surface area contributed by atoms with Gasteiger partial charge < -0.3 is 4.11 Å². The van der Waals surface area contributed by atoms with Crippen LogP contribution < -0.4 is 0 Å². The Morgan fingerprint density at radius 3 is 1.82 bits per heavy atom. The molecule has 0 saturated heterocycles. The number of hydrogen-bond acceptors (Lipinski definition) is 2. The highest BCUT2D eigenvalue weighted by Crippen LogP contribution is 2.20. The third-order valence-corrected chi connectivity index (χ3v) is 4.10. The lowest BCUT2D eigenvalue weighted by Gasteiger charge is -2.12. The van der Waals surface area contributed by atoms with Gasteiger partial charge >= 0.3 is 0 Å². The highest BCUT2D eigenvalue weighted by Gasteiger charge is 2.26. The van der Waals surface area contributed by atoms with E-state index in [0.717, 1.165) is 0 Å².